The maximum absolute atomic E-state index is 4.19. The first-order valence-electron chi connectivity index (χ1n) is 6.77. The Morgan fingerprint density at radius 3 is 3.00 bits per heavy atom. The van der Waals surface area contributed by atoms with Gasteiger partial charge in [0.05, 0.1) is 0 Å². The minimum absolute atomic E-state index is 0.703. The van der Waals surface area contributed by atoms with E-state index in [0.717, 1.165) is 5.92 Å². The lowest BCUT2D eigenvalue weighted by atomic mass is 9.98. The molecule has 0 radical (unpaired) electrons. The summed E-state index contributed by atoms with van der Waals surface area (Å²) < 4.78 is 0. The van der Waals surface area contributed by atoms with Crippen molar-refractivity contribution in [2.45, 2.75) is 31.2 Å². The number of aromatic nitrogens is 1. The number of rotatable bonds is 4. The molecule has 1 aromatic rings. The van der Waals surface area contributed by atoms with Crippen LogP contribution in [0.5, 0.6) is 0 Å². The van der Waals surface area contributed by atoms with E-state index in [1.807, 2.05) is 18.5 Å². The van der Waals surface area contributed by atoms with Crippen molar-refractivity contribution in [3.8, 4) is 0 Å². The topological polar surface area (TPSA) is 37.0 Å². The average Bonchev–Trinajstić information content (AvgIpc) is 3.18. The second kappa shape index (κ2) is 5.15. The van der Waals surface area contributed by atoms with Crippen molar-refractivity contribution in [3.05, 3.63) is 30.1 Å². The van der Waals surface area contributed by atoms with Crippen LogP contribution in [0.2, 0.25) is 0 Å². The van der Waals surface area contributed by atoms with Gasteiger partial charge in [-0.3, -0.25) is 4.98 Å². The van der Waals surface area contributed by atoms with Gasteiger partial charge in [0.1, 0.15) is 0 Å². The first-order chi connectivity index (χ1) is 8.43. The van der Waals surface area contributed by atoms with Crippen LogP contribution in [-0.4, -0.2) is 30.7 Å². The number of pyridine rings is 1. The quantitative estimate of drug-likeness (QED) is 0.825. The second-order valence-corrected chi connectivity index (χ2v) is 5.34. The van der Waals surface area contributed by atoms with Crippen LogP contribution in [0.3, 0.4) is 0 Å². The average molecular weight is 231 g/mol. The Bertz CT molecular complexity index is 346. The van der Waals surface area contributed by atoms with Gasteiger partial charge in [-0.15, -0.1) is 0 Å². The molecule has 1 aliphatic carbocycles. The summed E-state index contributed by atoms with van der Waals surface area (Å²) in [5.41, 5.74) is 1.40. The highest BCUT2D eigenvalue weighted by atomic mass is 15.0. The molecule has 2 aliphatic rings. The van der Waals surface area contributed by atoms with Crippen LogP contribution in [-0.2, 0) is 0 Å². The Morgan fingerprint density at radius 2 is 2.24 bits per heavy atom. The van der Waals surface area contributed by atoms with Gasteiger partial charge in [0.25, 0.3) is 0 Å². The summed E-state index contributed by atoms with van der Waals surface area (Å²) in [6, 6.07) is 4.94. The molecule has 0 bridgehead atoms. The normalized spacial score (nSPS) is 29.2. The van der Waals surface area contributed by atoms with Crippen molar-refractivity contribution in [2.24, 2.45) is 5.92 Å². The van der Waals surface area contributed by atoms with Gasteiger partial charge in [0, 0.05) is 24.4 Å². The molecule has 92 valence electrons. The Kier molecular flexibility index (Phi) is 3.39. The Morgan fingerprint density at radius 1 is 1.35 bits per heavy atom. The smallest absolute Gasteiger partial charge is 0.0303 e. The highest BCUT2D eigenvalue weighted by Gasteiger charge is 2.38. The van der Waals surface area contributed by atoms with Crippen LogP contribution in [0.15, 0.2) is 24.5 Å². The Balaban J connectivity index is 1.43. The van der Waals surface area contributed by atoms with Crippen molar-refractivity contribution in [2.75, 3.05) is 19.6 Å². The van der Waals surface area contributed by atoms with Gasteiger partial charge in [-0.05, 0) is 56.4 Å². The molecule has 0 aromatic carbocycles. The van der Waals surface area contributed by atoms with Crippen LogP contribution in [0.1, 0.15) is 30.7 Å². The fraction of sp³-hybridized carbons (Fsp3) is 0.643. The predicted molar refractivity (Wildman–Crippen MR) is 69.0 cm³/mol. The van der Waals surface area contributed by atoms with Crippen LogP contribution in [0.4, 0.5) is 0 Å². The lowest BCUT2D eigenvalue weighted by molar-refractivity contribution is 0.355. The molecule has 17 heavy (non-hydrogen) atoms. The summed E-state index contributed by atoms with van der Waals surface area (Å²) >= 11 is 0. The summed E-state index contributed by atoms with van der Waals surface area (Å²) in [5.74, 6) is 1.59. The van der Waals surface area contributed by atoms with E-state index < -0.39 is 0 Å². The van der Waals surface area contributed by atoms with Crippen LogP contribution >= 0.6 is 0 Å². The van der Waals surface area contributed by atoms with E-state index in [1.165, 1.54) is 44.5 Å². The van der Waals surface area contributed by atoms with E-state index in [1.54, 1.807) is 0 Å². The van der Waals surface area contributed by atoms with E-state index >= 15 is 0 Å². The fourth-order valence-corrected chi connectivity index (χ4v) is 2.79. The molecule has 2 fully saturated rings. The summed E-state index contributed by atoms with van der Waals surface area (Å²) in [6.45, 7) is 3.59. The SMILES string of the molecule is c1cncc([C@H]2C[C@@H]2NCC2CCNCC2)c1. The summed E-state index contributed by atoms with van der Waals surface area (Å²) in [4.78, 5) is 4.19. The molecule has 3 rings (SSSR count). The molecule has 0 spiro atoms. The maximum Gasteiger partial charge on any atom is 0.0303 e. The molecule has 1 aliphatic heterocycles. The van der Waals surface area contributed by atoms with Gasteiger partial charge in [-0.2, -0.15) is 0 Å². The molecule has 2 atom stereocenters. The molecule has 2 heterocycles. The zero-order chi connectivity index (χ0) is 11.5. The van der Waals surface area contributed by atoms with Crippen molar-refractivity contribution in [3.63, 3.8) is 0 Å². The summed E-state index contributed by atoms with van der Waals surface area (Å²) in [6.07, 6.45) is 7.81. The molecule has 2 N–H and O–H groups in total. The molecule has 1 saturated heterocycles. The number of nitrogens with one attached hydrogen (secondary N) is 2. The molecule has 3 nitrogen and oxygen atoms in total. The van der Waals surface area contributed by atoms with Crippen LogP contribution in [0.25, 0.3) is 0 Å². The van der Waals surface area contributed by atoms with Crippen molar-refractivity contribution in [1.29, 1.82) is 0 Å². The fourth-order valence-electron chi connectivity index (χ4n) is 2.79. The number of nitrogens with zero attached hydrogens (tertiary/aromatic N) is 1. The zero-order valence-corrected chi connectivity index (χ0v) is 10.2. The third-order valence-corrected chi connectivity index (χ3v) is 4.03. The molecule has 0 amide bonds. The lowest BCUT2D eigenvalue weighted by Crippen LogP contribution is -2.34. The highest BCUT2D eigenvalue weighted by molar-refractivity contribution is 5.24. The first kappa shape index (κ1) is 11.2. The Labute approximate surface area is 103 Å². The first-order valence-corrected chi connectivity index (χ1v) is 6.77. The number of hydrogen-bond donors (Lipinski definition) is 2. The lowest BCUT2D eigenvalue weighted by Gasteiger charge is -2.22. The largest absolute Gasteiger partial charge is 0.317 e. The monoisotopic (exact) mass is 231 g/mol. The predicted octanol–water partition coefficient (Wildman–Crippen LogP) is 1.53. The molecular formula is C14H21N3. The van der Waals surface area contributed by atoms with Crippen LogP contribution < -0.4 is 10.6 Å². The maximum atomic E-state index is 4.19. The van der Waals surface area contributed by atoms with Crippen molar-refractivity contribution < 1.29 is 0 Å². The van der Waals surface area contributed by atoms with Gasteiger partial charge in [0.2, 0.25) is 0 Å². The second-order valence-electron chi connectivity index (χ2n) is 5.34. The van der Waals surface area contributed by atoms with E-state index in [2.05, 4.69) is 21.7 Å². The van der Waals surface area contributed by atoms with Gasteiger partial charge < -0.3 is 10.6 Å². The third-order valence-electron chi connectivity index (χ3n) is 4.03. The van der Waals surface area contributed by atoms with Crippen molar-refractivity contribution >= 4 is 0 Å². The van der Waals surface area contributed by atoms with E-state index in [0.29, 0.717) is 12.0 Å². The zero-order valence-electron chi connectivity index (χ0n) is 10.2. The molecule has 0 unspecified atom stereocenters. The van der Waals surface area contributed by atoms with E-state index in [4.69, 9.17) is 0 Å². The van der Waals surface area contributed by atoms with Gasteiger partial charge in [-0.1, -0.05) is 6.07 Å². The minimum Gasteiger partial charge on any atom is -0.317 e. The van der Waals surface area contributed by atoms with Gasteiger partial charge >= 0.3 is 0 Å². The van der Waals surface area contributed by atoms with Gasteiger partial charge in [-0.25, -0.2) is 0 Å². The van der Waals surface area contributed by atoms with Crippen LogP contribution in [0, 0.1) is 5.92 Å². The molecule has 1 saturated carbocycles. The highest BCUT2D eigenvalue weighted by Crippen LogP contribution is 2.40. The van der Waals surface area contributed by atoms with E-state index in [-0.39, 0.29) is 0 Å². The van der Waals surface area contributed by atoms with E-state index in [9.17, 15) is 0 Å². The summed E-state index contributed by atoms with van der Waals surface area (Å²) in [7, 11) is 0. The third kappa shape index (κ3) is 2.85. The number of piperidine rings is 1. The molecular weight excluding hydrogens is 210 g/mol. The number of hydrogen-bond acceptors (Lipinski definition) is 3. The molecule has 1 aromatic heterocycles. The van der Waals surface area contributed by atoms with Gasteiger partial charge in [0.15, 0.2) is 0 Å². The Hall–Kier alpha value is -0.930. The molecule has 3 heteroatoms. The van der Waals surface area contributed by atoms with Crippen molar-refractivity contribution in [1.82, 2.24) is 15.6 Å². The standard InChI is InChI=1S/C14H21N3/c1-2-12(10-16-5-1)13-8-14(13)17-9-11-3-6-15-7-4-11/h1-2,5,10-11,13-15,17H,3-4,6-9H2/t13-,14+/m1/s1. The summed E-state index contributed by atoms with van der Waals surface area (Å²) in [5, 5.41) is 7.14. The minimum atomic E-state index is 0.703.